The molecule has 2 unspecified atom stereocenters. The second kappa shape index (κ2) is 61.6. The van der Waals surface area contributed by atoms with Gasteiger partial charge in [0, 0.05) is 12.8 Å². The molecule has 0 heterocycles. The molecule has 72 heavy (non-hydrogen) atoms. The summed E-state index contributed by atoms with van der Waals surface area (Å²) in [6.45, 7) is 4.95. The highest BCUT2D eigenvalue weighted by molar-refractivity contribution is 5.76. The van der Waals surface area contributed by atoms with E-state index in [2.05, 4.69) is 55.6 Å². The lowest BCUT2D eigenvalue weighted by atomic mass is 10.0. The predicted molar refractivity (Wildman–Crippen MR) is 315 cm³/mol. The Kier molecular flexibility index (Phi) is 60.0. The molecule has 0 spiro atoms. The van der Waals surface area contributed by atoms with Crippen molar-refractivity contribution in [2.45, 2.75) is 360 Å². The summed E-state index contributed by atoms with van der Waals surface area (Å²) in [6, 6.07) is -0.544. The first kappa shape index (κ1) is 70.1. The van der Waals surface area contributed by atoms with Crippen molar-refractivity contribution in [3.05, 3.63) is 36.5 Å². The van der Waals surface area contributed by atoms with Crippen molar-refractivity contribution in [3.8, 4) is 0 Å². The van der Waals surface area contributed by atoms with Crippen LogP contribution < -0.4 is 5.32 Å². The molecule has 0 radical (unpaired) electrons. The normalized spacial score (nSPS) is 12.8. The van der Waals surface area contributed by atoms with Gasteiger partial charge in [-0.05, 0) is 83.5 Å². The van der Waals surface area contributed by atoms with Crippen molar-refractivity contribution in [2.24, 2.45) is 0 Å². The van der Waals surface area contributed by atoms with Crippen LogP contribution in [0.3, 0.4) is 0 Å². The standard InChI is InChI=1S/C66H125NO5/c1-3-5-7-9-11-13-15-17-34-38-42-46-50-54-58-64(69)63(62-68)67-65(70)59-55-51-47-43-39-35-32-30-28-26-24-22-20-19-21-23-25-27-29-31-33-37-41-45-49-53-57-61-72-66(71)60-56-52-48-44-40-36-18-16-14-12-10-8-6-4-2/h16,18-20,23,25,63-64,68-69H,3-15,17,21-22,24,26-62H2,1-2H3,(H,67,70)/b18-16-,20-19-,25-23-. The smallest absolute Gasteiger partial charge is 0.305 e. The first-order valence-electron chi connectivity index (χ1n) is 32.2. The number of aliphatic hydroxyl groups is 2. The number of nitrogens with one attached hydrogen (secondary N) is 1. The fourth-order valence-electron chi connectivity index (χ4n) is 9.96. The average Bonchev–Trinajstić information content (AvgIpc) is 3.38. The average molecular weight is 1010 g/mol. The number of aliphatic hydroxyl groups excluding tert-OH is 2. The third-order valence-electron chi connectivity index (χ3n) is 14.9. The highest BCUT2D eigenvalue weighted by Crippen LogP contribution is 2.17. The molecular weight excluding hydrogens is 887 g/mol. The monoisotopic (exact) mass is 1010 g/mol. The van der Waals surface area contributed by atoms with E-state index in [-0.39, 0.29) is 18.5 Å². The lowest BCUT2D eigenvalue weighted by Gasteiger charge is -2.22. The molecule has 0 aliphatic heterocycles. The van der Waals surface area contributed by atoms with Gasteiger partial charge in [0.25, 0.3) is 0 Å². The molecule has 0 saturated heterocycles. The molecule has 0 saturated carbocycles. The van der Waals surface area contributed by atoms with Gasteiger partial charge in [0.15, 0.2) is 0 Å². The summed E-state index contributed by atoms with van der Waals surface area (Å²) < 4.78 is 5.47. The number of hydrogen-bond acceptors (Lipinski definition) is 5. The van der Waals surface area contributed by atoms with E-state index < -0.39 is 12.1 Å². The zero-order valence-electron chi connectivity index (χ0n) is 48.4. The fourth-order valence-corrected chi connectivity index (χ4v) is 9.96. The van der Waals surface area contributed by atoms with Crippen LogP contribution in [0.2, 0.25) is 0 Å². The van der Waals surface area contributed by atoms with Crippen molar-refractivity contribution in [1.29, 1.82) is 0 Å². The minimum atomic E-state index is -0.666. The van der Waals surface area contributed by atoms with Gasteiger partial charge in [-0.1, -0.05) is 288 Å². The number of ether oxygens (including phenoxy) is 1. The Morgan fingerprint density at radius 3 is 1.07 bits per heavy atom. The molecule has 0 aromatic heterocycles. The molecule has 424 valence electrons. The maximum Gasteiger partial charge on any atom is 0.305 e. The van der Waals surface area contributed by atoms with E-state index in [1.54, 1.807) is 0 Å². The fraction of sp³-hybridized carbons (Fsp3) is 0.879. The highest BCUT2D eigenvalue weighted by Gasteiger charge is 2.20. The largest absolute Gasteiger partial charge is 0.466 e. The number of hydrogen-bond donors (Lipinski definition) is 3. The molecule has 0 bridgehead atoms. The van der Waals surface area contributed by atoms with Crippen LogP contribution in [0.15, 0.2) is 36.5 Å². The van der Waals surface area contributed by atoms with Crippen LogP contribution >= 0.6 is 0 Å². The third kappa shape index (κ3) is 57.4. The molecule has 3 N–H and O–H groups in total. The molecule has 0 aliphatic carbocycles. The van der Waals surface area contributed by atoms with Crippen LogP contribution in [0.25, 0.3) is 0 Å². The lowest BCUT2D eigenvalue weighted by Crippen LogP contribution is -2.45. The first-order valence-corrected chi connectivity index (χ1v) is 32.2. The Labute approximate surface area is 449 Å². The summed E-state index contributed by atoms with van der Waals surface area (Å²) in [5.41, 5.74) is 0. The number of rotatable bonds is 60. The Hall–Kier alpha value is -1.92. The van der Waals surface area contributed by atoms with Gasteiger partial charge in [-0.15, -0.1) is 0 Å². The molecule has 1 amide bonds. The number of esters is 1. The van der Waals surface area contributed by atoms with Gasteiger partial charge in [-0.3, -0.25) is 9.59 Å². The maximum absolute atomic E-state index is 12.5. The summed E-state index contributed by atoms with van der Waals surface area (Å²) in [5.74, 6) is -0.0347. The van der Waals surface area contributed by atoms with Crippen LogP contribution in [0.5, 0.6) is 0 Å². The Balaban J connectivity index is 3.41. The quantitative estimate of drug-likeness (QED) is 0.0320. The summed E-state index contributed by atoms with van der Waals surface area (Å²) >= 11 is 0. The zero-order valence-corrected chi connectivity index (χ0v) is 48.4. The van der Waals surface area contributed by atoms with Crippen LogP contribution in [0.4, 0.5) is 0 Å². The van der Waals surface area contributed by atoms with Gasteiger partial charge in [-0.25, -0.2) is 0 Å². The molecule has 0 rings (SSSR count). The van der Waals surface area contributed by atoms with E-state index >= 15 is 0 Å². The number of carbonyl (C=O) groups is 2. The van der Waals surface area contributed by atoms with Crippen molar-refractivity contribution < 1.29 is 24.5 Å². The predicted octanol–water partition coefficient (Wildman–Crippen LogP) is 20.4. The van der Waals surface area contributed by atoms with E-state index in [0.29, 0.717) is 25.9 Å². The maximum atomic E-state index is 12.5. The zero-order chi connectivity index (χ0) is 52.2. The van der Waals surface area contributed by atoms with Gasteiger partial charge in [0.1, 0.15) is 0 Å². The highest BCUT2D eigenvalue weighted by atomic mass is 16.5. The molecular formula is C66H125NO5. The number of carbonyl (C=O) groups excluding carboxylic acids is 2. The number of allylic oxidation sites excluding steroid dienone is 6. The van der Waals surface area contributed by atoms with Gasteiger partial charge < -0.3 is 20.3 Å². The SMILES string of the molecule is CCCCCCC/C=C\CCCCCCCC(=O)OCCCCCCCCCCC/C=C\C/C=C\CCCCCCCCCCCCCC(=O)NC(CO)C(O)CCCCCCCCCCCCCCCC. The minimum absolute atomic E-state index is 0.00216. The van der Waals surface area contributed by atoms with Gasteiger partial charge >= 0.3 is 5.97 Å². The van der Waals surface area contributed by atoms with Crippen LogP contribution in [0, 0.1) is 0 Å². The topological polar surface area (TPSA) is 95.9 Å². The Morgan fingerprint density at radius 1 is 0.389 bits per heavy atom. The summed E-state index contributed by atoms with van der Waals surface area (Å²) in [7, 11) is 0. The van der Waals surface area contributed by atoms with E-state index in [1.165, 1.54) is 263 Å². The van der Waals surface area contributed by atoms with Crippen molar-refractivity contribution >= 4 is 11.9 Å². The minimum Gasteiger partial charge on any atom is -0.466 e. The molecule has 2 atom stereocenters. The molecule has 6 nitrogen and oxygen atoms in total. The van der Waals surface area contributed by atoms with Crippen molar-refractivity contribution in [3.63, 3.8) is 0 Å². The molecule has 0 aromatic rings. The van der Waals surface area contributed by atoms with Crippen LogP contribution in [-0.2, 0) is 14.3 Å². The molecule has 0 aliphatic rings. The van der Waals surface area contributed by atoms with Gasteiger partial charge in [0.05, 0.1) is 25.4 Å². The van der Waals surface area contributed by atoms with Crippen LogP contribution in [0.1, 0.15) is 348 Å². The second-order valence-corrected chi connectivity index (χ2v) is 22.1. The molecule has 6 heteroatoms. The Morgan fingerprint density at radius 2 is 0.694 bits per heavy atom. The van der Waals surface area contributed by atoms with Crippen molar-refractivity contribution in [1.82, 2.24) is 5.32 Å². The summed E-state index contributed by atoms with van der Waals surface area (Å²) in [6.07, 6.45) is 77.4. The van der Waals surface area contributed by atoms with E-state index in [9.17, 15) is 19.8 Å². The molecule has 0 aromatic carbocycles. The number of amides is 1. The second-order valence-electron chi connectivity index (χ2n) is 22.1. The number of unbranched alkanes of at least 4 members (excludes halogenated alkanes) is 43. The van der Waals surface area contributed by atoms with E-state index in [4.69, 9.17) is 4.74 Å². The first-order chi connectivity index (χ1) is 35.5. The molecule has 0 fully saturated rings. The lowest BCUT2D eigenvalue weighted by molar-refractivity contribution is -0.143. The summed E-state index contributed by atoms with van der Waals surface area (Å²) in [4.78, 5) is 24.5. The van der Waals surface area contributed by atoms with Gasteiger partial charge in [-0.2, -0.15) is 0 Å². The third-order valence-corrected chi connectivity index (χ3v) is 14.9. The van der Waals surface area contributed by atoms with E-state index in [0.717, 1.165) is 51.4 Å². The summed E-state index contributed by atoms with van der Waals surface area (Å²) in [5, 5.41) is 23.3. The van der Waals surface area contributed by atoms with Gasteiger partial charge in [0.2, 0.25) is 5.91 Å². The Bertz CT molecular complexity index is 1170. The van der Waals surface area contributed by atoms with E-state index in [1.807, 2.05) is 0 Å². The van der Waals surface area contributed by atoms with Crippen LogP contribution in [-0.4, -0.2) is 47.4 Å². The van der Waals surface area contributed by atoms with Crippen molar-refractivity contribution in [2.75, 3.05) is 13.2 Å².